The number of H-pyrrole nitrogens is 1. The lowest BCUT2D eigenvalue weighted by molar-refractivity contribution is 0.0455. The molecule has 0 aliphatic rings. The van der Waals surface area contributed by atoms with E-state index in [2.05, 4.69) is 41.2 Å². The third-order valence-electron chi connectivity index (χ3n) is 3.87. The van der Waals surface area contributed by atoms with Crippen molar-refractivity contribution in [1.29, 1.82) is 0 Å². The Hall–Kier alpha value is -2.78. The van der Waals surface area contributed by atoms with Crippen LogP contribution in [0.4, 0.5) is 0 Å². The van der Waals surface area contributed by atoms with Gasteiger partial charge in [0.25, 0.3) is 0 Å². The van der Waals surface area contributed by atoms with Crippen molar-refractivity contribution in [2.45, 2.75) is 13.5 Å². The van der Waals surface area contributed by atoms with Gasteiger partial charge in [-0.2, -0.15) is 0 Å². The number of halogens is 2. The average molecular weight is 448 g/mol. The monoisotopic (exact) mass is 446 g/mol. The first-order valence-corrected chi connectivity index (χ1v) is 9.05. The Morgan fingerprint density at radius 1 is 1.26 bits per heavy atom. The van der Waals surface area contributed by atoms with Gasteiger partial charge in [0.05, 0.1) is 16.9 Å². The molecule has 0 amide bonds. The van der Waals surface area contributed by atoms with Crippen LogP contribution >= 0.6 is 27.5 Å². The maximum atomic E-state index is 12.4. The third-order valence-corrected chi connectivity index (χ3v) is 4.75. The number of nitrogens with one attached hydrogen (secondary N) is 1. The van der Waals surface area contributed by atoms with Gasteiger partial charge in [-0.15, -0.1) is 5.10 Å². The van der Waals surface area contributed by atoms with Crippen LogP contribution in [0, 0.1) is 6.92 Å². The quantitative estimate of drug-likeness (QED) is 0.379. The maximum Gasteiger partial charge on any atom is 0.361 e. The Labute approximate surface area is 166 Å². The number of pyridine rings is 1. The number of ether oxygens (including phenoxy) is 1. The van der Waals surface area contributed by atoms with E-state index in [0.29, 0.717) is 27.8 Å². The fourth-order valence-corrected chi connectivity index (χ4v) is 3.16. The normalized spacial score (nSPS) is 11.1. The van der Waals surface area contributed by atoms with E-state index in [1.54, 1.807) is 23.7 Å². The van der Waals surface area contributed by atoms with Crippen molar-refractivity contribution in [3.8, 4) is 5.69 Å². The summed E-state index contributed by atoms with van der Waals surface area (Å²) >= 11 is 9.31. The number of aromatic amines is 1. The van der Waals surface area contributed by atoms with Crippen LogP contribution in [-0.2, 0) is 11.3 Å². The van der Waals surface area contributed by atoms with E-state index in [9.17, 15) is 4.79 Å². The second-order valence-corrected chi connectivity index (χ2v) is 6.89. The first-order chi connectivity index (χ1) is 13.0. The van der Waals surface area contributed by atoms with Crippen LogP contribution in [0.2, 0.25) is 5.15 Å². The molecule has 3 heterocycles. The van der Waals surface area contributed by atoms with Crippen LogP contribution in [0.15, 0.2) is 40.9 Å². The number of para-hydroxylation sites is 1. The van der Waals surface area contributed by atoms with Crippen LogP contribution in [0.5, 0.6) is 0 Å². The summed E-state index contributed by atoms with van der Waals surface area (Å²) in [7, 11) is 0. The highest BCUT2D eigenvalue weighted by Crippen LogP contribution is 2.22. The minimum Gasteiger partial charge on any atom is -0.453 e. The van der Waals surface area contributed by atoms with E-state index in [0.717, 1.165) is 10.2 Å². The predicted molar refractivity (Wildman–Crippen MR) is 102 cm³/mol. The molecule has 0 fully saturated rings. The minimum absolute atomic E-state index is 0.0475. The summed E-state index contributed by atoms with van der Waals surface area (Å²) in [4.78, 5) is 23.8. The minimum atomic E-state index is -0.586. The van der Waals surface area contributed by atoms with Crippen molar-refractivity contribution >= 4 is 44.7 Å². The molecule has 0 saturated heterocycles. The van der Waals surface area contributed by atoms with Crippen LogP contribution in [0.1, 0.15) is 22.0 Å². The van der Waals surface area contributed by atoms with Crippen molar-refractivity contribution in [2.24, 2.45) is 0 Å². The van der Waals surface area contributed by atoms with Crippen LogP contribution < -0.4 is 0 Å². The van der Waals surface area contributed by atoms with Crippen LogP contribution in [-0.4, -0.2) is 35.9 Å². The molecule has 0 spiro atoms. The van der Waals surface area contributed by atoms with E-state index < -0.39 is 5.97 Å². The van der Waals surface area contributed by atoms with Crippen molar-refractivity contribution in [1.82, 2.24) is 29.9 Å². The van der Waals surface area contributed by atoms with Gasteiger partial charge in [-0.3, -0.25) is 0 Å². The topological polar surface area (TPSA) is 98.6 Å². The molecule has 4 rings (SSSR count). The Morgan fingerprint density at radius 3 is 2.89 bits per heavy atom. The van der Waals surface area contributed by atoms with E-state index >= 15 is 0 Å². The zero-order valence-corrected chi connectivity index (χ0v) is 16.3. The predicted octanol–water partition coefficient (Wildman–Crippen LogP) is 3.62. The highest BCUT2D eigenvalue weighted by atomic mass is 79.9. The highest BCUT2D eigenvalue weighted by molar-refractivity contribution is 9.10. The third kappa shape index (κ3) is 3.43. The molecule has 0 unspecified atom stereocenters. The number of fused-ring (bicyclic) bond motifs is 1. The molecule has 0 radical (unpaired) electrons. The number of esters is 1. The number of hydrogen-bond donors (Lipinski definition) is 1. The maximum absolute atomic E-state index is 12.4. The molecule has 10 heteroatoms. The number of nitrogens with zero attached hydrogens (tertiary/aromatic N) is 5. The zero-order valence-electron chi connectivity index (χ0n) is 14.0. The molecule has 8 nitrogen and oxygen atoms in total. The molecule has 1 N–H and O–H groups in total. The molecule has 0 saturated carbocycles. The summed E-state index contributed by atoms with van der Waals surface area (Å²) in [5.74, 6) is -0.124. The molecule has 4 aromatic rings. The van der Waals surface area contributed by atoms with Gasteiger partial charge in [-0.25, -0.2) is 19.4 Å². The number of carbonyl (C=O) groups is 1. The van der Waals surface area contributed by atoms with Gasteiger partial charge in [0.1, 0.15) is 17.6 Å². The number of aromatic nitrogens is 6. The SMILES string of the molecule is Cc1c(C(=O)OCc2nc3nc(Cl)ccc3[nH]2)nnn1-c1ccccc1Br. The average Bonchev–Trinajstić information content (AvgIpc) is 3.23. The molecule has 3 aromatic heterocycles. The molecule has 1 aromatic carbocycles. The number of carbonyl (C=O) groups excluding carboxylic acids is 1. The molecular formula is C17H12BrClN6O2. The van der Waals surface area contributed by atoms with E-state index in [-0.39, 0.29) is 12.3 Å². The fourth-order valence-electron chi connectivity index (χ4n) is 2.56. The van der Waals surface area contributed by atoms with Gasteiger partial charge in [0.15, 0.2) is 11.3 Å². The summed E-state index contributed by atoms with van der Waals surface area (Å²) in [6.07, 6.45) is 0. The van der Waals surface area contributed by atoms with Crippen LogP contribution in [0.25, 0.3) is 16.9 Å². The zero-order chi connectivity index (χ0) is 19.0. The summed E-state index contributed by atoms with van der Waals surface area (Å²) in [5, 5.41) is 8.36. The van der Waals surface area contributed by atoms with E-state index in [4.69, 9.17) is 16.3 Å². The van der Waals surface area contributed by atoms with Crippen molar-refractivity contribution in [2.75, 3.05) is 0 Å². The molecule has 27 heavy (non-hydrogen) atoms. The second kappa shape index (κ2) is 7.09. The van der Waals surface area contributed by atoms with E-state index in [1.165, 1.54) is 0 Å². The number of rotatable bonds is 4. The standard InChI is InChI=1S/C17H12BrClN6O2/c1-9-15(23-24-25(9)12-5-3-2-4-10(12)18)17(26)27-8-14-20-11-6-7-13(19)21-16(11)22-14/h2-7H,8H2,1H3,(H,20,21,22). The molecule has 136 valence electrons. The van der Waals surface area contributed by atoms with Gasteiger partial charge in [0, 0.05) is 4.47 Å². The van der Waals surface area contributed by atoms with E-state index in [1.807, 2.05) is 24.3 Å². The Balaban J connectivity index is 1.52. The molecule has 0 bridgehead atoms. The van der Waals surface area contributed by atoms with Crippen molar-refractivity contribution < 1.29 is 9.53 Å². The Bertz CT molecular complexity index is 1160. The Kier molecular flexibility index (Phi) is 4.63. The second-order valence-electron chi connectivity index (χ2n) is 5.65. The summed E-state index contributed by atoms with van der Waals surface area (Å²) in [5.41, 5.74) is 2.67. The summed E-state index contributed by atoms with van der Waals surface area (Å²) in [6, 6.07) is 10.9. The molecule has 0 aliphatic heterocycles. The van der Waals surface area contributed by atoms with Crippen molar-refractivity contribution in [3.63, 3.8) is 0 Å². The summed E-state index contributed by atoms with van der Waals surface area (Å²) < 4.78 is 7.73. The molecule has 0 atom stereocenters. The number of benzene rings is 1. The van der Waals surface area contributed by atoms with Gasteiger partial charge in [-0.1, -0.05) is 28.9 Å². The number of hydrogen-bond acceptors (Lipinski definition) is 6. The fraction of sp³-hybridized carbons (Fsp3) is 0.118. The van der Waals surface area contributed by atoms with Gasteiger partial charge >= 0.3 is 5.97 Å². The first-order valence-electron chi connectivity index (χ1n) is 7.88. The smallest absolute Gasteiger partial charge is 0.361 e. The highest BCUT2D eigenvalue weighted by Gasteiger charge is 2.20. The van der Waals surface area contributed by atoms with Crippen molar-refractivity contribution in [3.05, 3.63) is 63.2 Å². The molecular weight excluding hydrogens is 436 g/mol. The molecule has 0 aliphatic carbocycles. The summed E-state index contributed by atoms with van der Waals surface area (Å²) in [6.45, 7) is 1.71. The van der Waals surface area contributed by atoms with Gasteiger partial charge in [0.2, 0.25) is 0 Å². The lowest BCUT2D eigenvalue weighted by Gasteiger charge is -2.05. The lowest BCUT2D eigenvalue weighted by atomic mass is 10.3. The van der Waals surface area contributed by atoms with Gasteiger partial charge < -0.3 is 9.72 Å². The van der Waals surface area contributed by atoms with Gasteiger partial charge in [-0.05, 0) is 47.1 Å². The number of imidazole rings is 1. The largest absolute Gasteiger partial charge is 0.453 e. The lowest BCUT2D eigenvalue weighted by Crippen LogP contribution is -2.09. The first kappa shape index (κ1) is 17.6. The van der Waals surface area contributed by atoms with Crippen LogP contribution in [0.3, 0.4) is 0 Å². The Morgan fingerprint density at radius 2 is 2.07 bits per heavy atom.